The van der Waals surface area contributed by atoms with Gasteiger partial charge in [-0.2, -0.15) is 4.31 Å². The number of hydrogen-bond donors (Lipinski definition) is 0. The Hall–Kier alpha value is -0.650. The van der Waals surface area contributed by atoms with Crippen molar-refractivity contribution in [2.75, 3.05) is 18.2 Å². The van der Waals surface area contributed by atoms with Crippen molar-refractivity contribution < 1.29 is 12.8 Å². The Morgan fingerprint density at radius 1 is 1.25 bits per heavy atom. The Bertz CT molecular complexity index is 518. The summed E-state index contributed by atoms with van der Waals surface area (Å²) in [5, 5.41) is 0. The van der Waals surface area contributed by atoms with Gasteiger partial charge in [0.05, 0.1) is 5.75 Å². The quantitative estimate of drug-likeness (QED) is 0.722. The molecule has 0 bridgehead atoms. The van der Waals surface area contributed by atoms with Crippen LogP contribution in [0, 0.1) is 11.7 Å². The Morgan fingerprint density at radius 3 is 2.25 bits per heavy atom. The van der Waals surface area contributed by atoms with E-state index in [4.69, 9.17) is 11.6 Å². The molecule has 0 amide bonds. The second-order valence-corrected chi connectivity index (χ2v) is 7.24. The molecule has 20 heavy (non-hydrogen) atoms. The molecule has 1 rings (SSSR count). The summed E-state index contributed by atoms with van der Waals surface area (Å²) < 4.78 is 39.2. The molecule has 0 heterocycles. The van der Waals surface area contributed by atoms with Crippen molar-refractivity contribution in [3.8, 4) is 0 Å². The second-order valence-electron chi connectivity index (χ2n) is 4.97. The summed E-state index contributed by atoms with van der Waals surface area (Å²) in [7, 11) is -3.39. The Morgan fingerprint density at radius 2 is 1.80 bits per heavy atom. The van der Waals surface area contributed by atoms with Crippen LogP contribution in [0.15, 0.2) is 24.3 Å². The van der Waals surface area contributed by atoms with Gasteiger partial charge in [-0.1, -0.05) is 26.0 Å². The lowest BCUT2D eigenvalue weighted by Crippen LogP contribution is -2.37. The average Bonchev–Trinajstić information content (AvgIpc) is 2.39. The third kappa shape index (κ3) is 4.43. The van der Waals surface area contributed by atoms with Gasteiger partial charge in [-0.3, -0.25) is 0 Å². The molecule has 3 nitrogen and oxygen atoms in total. The van der Waals surface area contributed by atoms with Crippen molar-refractivity contribution in [3.63, 3.8) is 0 Å². The van der Waals surface area contributed by atoms with Gasteiger partial charge in [0, 0.05) is 18.5 Å². The van der Waals surface area contributed by atoms with Crippen molar-refractivity contribution in [3.05, 3.63) is 35.6 Å². The average molecular weight is 322 g/mol. The minimum atomic E-state index is -3.39. The van der Waals surface area contributed by atoms with E-state index in [1.165, 1.54) is 16.4 Å². The van der Waals surface area contributed by atoms with Crippen LogP contribution in [0.3, 0.4) is 0 Å². The highest BCUT2D eigenvalue weighted by Crippen LogP contribution is 2.24. The van der Waals surface area contributed by atoms with E-state index in [9.17, 15) is 12.8 Å². The van der Waals surface area contributed by atoms with E-state index in [0.29, 0.717) is 12.4 Å². The summed E-state index contributed by atoms with van der Waals surface area (Å²) in [5.74, 6) is -0.101. The highest BCUT2D eigenvalue weighted by Gasteiger charge is 2.28. The molecule has 0 aliphatic carbocycles. The topological polar surface area (TPSA) is 37.4 Å². The van der Waals surface area contributed by atoms with E-state index in [2.05, 4.69) is 0 Å². The molecule has 0 saturated carbocycles. The van der Waals surface area contributed by atoms with Crippen LogP contribution in [-0.2, 0) is 10.0 Å². The fourth-order valence-corrected chi connectivity index (χ4v) is 4.38. The van der Waals surface area contributed by atoms with Crippen molar-refractivity contribution >= 4 is 21.6 Å². The van der Waals surface area contributed by atoms with Gasteiger partial charge in [-0.05, 0) is 30.5 Å². The number of benzene rings is 1. The van der Waals surface area contributed by atoms with Gasteiger partial charge < -0.3 is 0 Å². The van der Waals surface area contributed by atoms with Crippen LogP contribution in [0.2, 0.25) is 0 Å². The van der Waals surface area contributed by atoms with E-state index in [1.54, 1.807) is 32.9 Å². The number of nitrogens with zero attached hydrogens (tertiary/aromatic N) is 1. The third-order valence-electron chi connectivity index (χ3n) is 3.21. The maximum Gasteiger partial charge on any atom is 0.214 e. The summed E-state index contributed by atoms with van der Waals surface area (Å²) in [6.45, 7) is 5.78. The van der Waals surface area contributed by atoms with Gasteiger partial charge >= 0.3 is 0 Å². The van der Waals surface area contributed by atoms with Crippen molar-refractivity contribution in [2.24, 2.45) is 5.92 Å². The SMILES string of the molecule is CCN(C(C)c1ccc(F)cc1)S(=O)(=O)CC(C)CCl. The maximum absolute atomic E-state index is 12.9. The zero-order valence-corrected chi connectivity index (χ0v) is 13.6. The first kappa shape index (κ1) is 17.4. The molecule has 0 saturated heterocycles. The molecule has 0 radical (unpaired) electrons. The van der Waals surface area contributed by atoms with Gasteiger partial charge in [0.25, 0.3) is 0 Å². The standard InChI is InChI=1S/C14H21ClFNO2S/c1-4-17(20(18,19)10-11(2)9-15)12(3)13-5-7-14(16)8-6-13/h5-8,11-12H,4,9-10H2,1-3H3. The smallest absolute Gasteiger partial charge is 0.212 e. The molecule has 2 atom stereocenters. The van der Waals surface area contributed by atoms with Crippen LogP contribution in [-0.4, -0.2) is 30.9 Å². The number of hydrogen-bond acceptors (Lipinski definition) is 2. The summed E-state index contributed by atoms with van der Waals surface area (Å²) in [4.78, 5) is 0. The minimum Gasteiger partial charge on any atom is -0.212 e. The zero-order chi connectivity index (χ0) is 15.3. The maximum atomic E-state index is 12.9. The lowest BCUT2D eigenvalue weighted by Gasteiger charge is -2.28. The predicted octanol–water partition coefficient (Wildman–Crippen LogP) is 3.41. The van der Waals surface area contributed by atoms with E-state index < -0.39 is 10.0 Å². The summed E-state index contributed by atoms with van der Waals surface area (Å²) in [5.41, 5.74) is 0.773. The lowest BCUT2D eigenvalue weighted by molar-refractivity contribution is 0.354. The molecule has 114 valence electrons. The van der Waals surface area contributed by atoms with Crippen LogP contribution in [0.1, 0.15) is 32.4 Å². The number of halogens is 2. The first-order valence-corrected chi connectivity index (χ1v) is 8.77. The molecular weight excluding hydrogens is 301 g/mol. The van der Waals surface area contributed by atoms with E-state index in [1.807, 2.05) is 0 Å². The van der Waals surface area contributed by atoms with Gasteiger partial charge in [0.15, 0.2) is 0 Å². The first-order chi connectivity index (χ1) is 9.31. The summed E-state index contributed by atoms with van der Waals surface area (Å²) >= 11 is 5.70. The van der Waals surface area contributed by atoms with Crippen LogP contribution < -0.4 is 0 Å². The molecule has 1 aromatic rings. The van der Waals surface area contributed by atoms with Crippen LogP contribution >= 0.6 is 11.6 Å². The number of alkyl halides is 1. The van der Waals surface area contributed by atoms with Gasteiger partial charge in [0.2, 0.25) is 10.0 Å². The van der Waals surface area contributed by atoms with E-state index in [-0.39, 0.29) is 23.5 Å². The summed E-state index contributed by atoms with van der Waals surface area (Å²) in [6, 6.07) is 5.58. The lowest BCUT2D eigenvalue weighted by atomic mass is 10.1. The van der Waals surface area contributed by atoms with Crippen LogP contribution in [0.5, 0.6) is 0 Å². The highest BCUT2D eigenvalue weighted by atomic mass is 35.5. The number of rotatable bonds is 7. The molecule has 6 heteroatoms. The Balaban J connectivity index is 2.97. The monoisotopic (exact) mass is 321 g/mol. The zero-order valence-electron chi connectivity index (χ0n) is 12.0. The fraction of sp³-hybridized carbons (Fsp3) is 0.571. The van der Waals surface area contributed by atoms with Crippen molar-refractivity contribution in [1.82, 2.24) is 4.31 Å². The second kappa shape index (κ2) is 7.38. The van der Waals surface area contributed by atoms with Crippen LogP contribution in [0.25, 0.3) is 0 Å². The fourth-order valence-electron chi connectivity index (χ4n) is 2.12. The first-order valence-electron chi connectivity index (χ1n) is 6.62. The van der Waals surface area contributed by atoms with E-state index in [0.717, 1.165) is 5.56 Å². The highest BCUT2D eigenvalue weighted by molar-refractivity contribution is 7.89. The largest absolute Gasteiger partial charge is 0.214 e. The molecule has 0 fully saturated rings. The minimum absolute atomic E-state index is 0.0237. The molecule has 0 aromatic heterocycles. The summed E-state index contributed by atoms with van der Waals surface area (Å²) in [6.07, 6.45) is 0. The van der Waals surface area contributed by atoms with E-state index >= 15 is 0 Å². The Labute approximate surface area is 125 Å². The molecule has 0 aliphatic rings. The third-order valence-corrected chi connectivity index (χ3v) is 6.02. The molecular formula is C14H21ClFNO2S. The predicted molar refractivity (Wildman–Crippen MR) is 80.9 cm³/mol. The molecule has 0 aliphatic heterocycles. The molecule has 2 unspecified atom stereocenters. The van der Waals surface area contributed by atoms with Gasteiger partial charge in [-0.15, -0.1) is 11.6 Å². The van der Waals surface area contributed by atoms with Crippen LogP contribution in [0.4, 0.5) is 4.39 Å². The van der Waals surface area contributed by atoms with Gasteiger partial charge in [0.1, 0.15) is 5.82 Å². The Kier molecular flexibility index (Phi) is 6.43. The van der Waals surface area contributed by atoms with Crippen molar-refractivity contribution in [1.29, 1.82) is 0 Å². The molecule has 1 aromatic carbocycles. The van der Waals surface area contributed by atoms with Gasteiger partial charge in [-0.25, -0.2) is 12.8 Å². The normalized spacial score (nSPS) is 15.3. The molecule has 0 N–H and O–H groups in total. The van der Waals surface area contributed by atoms with Crippen molar-refractivity contribution in [2.45, 2.75) is 26.8 Å². The number of sulfonamides is 1. The molecule has 0 spiro atoms.